The highest BCUT2D eigenvalue weighted by Crippen LogP contribution is 2.37. The lowest BCUT2D eigenvalue weighted by Crippen LogP contribution is -2.39. The minimum absolute atomic E-state index is 0.0478. The third-order valence-corrected chi connectivity index (χ3v) is 5.36. The molecule has 4 heterocycles. The van der Waals surface area contributed by atoms with Crippen LogP contribution in [0.3, 0.4) is 0 Å². The van der Waals surface area contributed by atoms with Gasteiger partial charge in [-0.25, -0.2) is 9.37 Å². The molecular formula is C21H21FN4O4. The van der Waals surface area contributed by atoms with Crippen LogP contribution in [0.15, 0.2) is 35.3 Å². The predicted molar refractivity (Wildman–Crippen MR) is 107 cm³/mol. The molecule has 30 heavy (non-hydrogen) atoms. The molecule has 0 radical (unpaired) electrons. The first-order valence-electron chi connectivity index (χ1n) is 9.95. The highest BCUT2D eigenvalue weighted by atomic mass is 19.1. The number of ether oxygens (including phenoxy) is 3. The van der Waals surface area contributed by atoms with Crippen molar-refractivity contribution in [1.82, 2.24) is 14.6 Å². The molecule has 1 aromatic carbocycles. The van der Waals surface area contributed by atoms with E-state index in [9.17, 15) is 9.18 Å². The van der Waals surface area contributed by atoms with Gasteiger partial charge in [0.25, 0.3) is 5.56 Å². The van der Waals surface area contributed by atoms with Gasteiger partial charge in [0.05, 0.1) is 0 Å². The molecule has 0 amide bonds. The van der Waals surface area contributed by atoms with Crippen molar-refractivity contribution in [3.05, 3.63) is 52.2 Å². The zero-order valence-corrected chi connectivity index (χ0v) is 16.5. The monoisotopic (exact) mass is 412 g/mol. The number of nitrogens with zero attached hydrogens (tertiary/aromatic N) is 4. The summed E-state index contributed by atoms with van der Waals surface area (Å²) in [5.41, 5.74) is 1.28. The fraction of sp³-hybridized carbons (Fsp3) is 0.381. The highest BCUT2D eigenvalue weighted by molar-refractivity contribution is 5.52. The Labute approximate surface area is 171 Å². The number of rotatable bonds is 3. The number of hydrogen-bond donors (Lipinski definition) is 0. The Bertz CT molecular complexity index is 1160. The van der Waals surface area contributed by atoms with Crippen LogP contribution in [0.25, 0.3) is 5.65 Å². The third-order valence-electron chi connectivity index (χ3n) is 5.36. The molecule has 2 aliphatic heterocycles. The van der Waals surface area contributed by atoms with Gasteiger partial charge in [0.15, 0.2) is 28.8 Å². The van der Waals surface area contributed by atoms with Gasteiger partial charge in [0.2, 0.25) is 0 Å². The van der Waals surface area contributed by atoms with Gasteiger partial charge in [-0.3, -0.25) is 4.79 Å². The van der Waals surface area contributed by atoms with Gasteiger partial charge in [0, 0.05) is 50.3 Å². The first kappa shape index (κ1) is 18.7. The summed E-state index contributed by atoms with van der Waals surface area (Å²) in [4.78, 5) is 18.4. The van der Waals surface area contributed by atoms with Crippen LogP contribution in [0.2, 0.25) is 0 Å². The maximum atomic E-state index is 14.2. The van der Waals surface area contributed by atoms with E-state index in [1.165, 1.54) is 22.8 Å². The molecule has 156 valence electrons. The van der Waals surface area contributed by atoms with Gasteiger partial charge < -0.3 is 19.1 Å². The second-order valence-corrected chi connectivity index (χ2v) is 7.44. The molecule has 0 N–H and O–H groups in total. The molecule has 2 aromatic heterocycles. The van der Waals surface area contributed by atoms with Crippen LogP contribution in [0.4, 0.5) is 10.2 Å². The SMILES string of the molecule is Cc1cc2nccc(=O)n2nc1N1CCC(Oc2cc(F)c3c(c2)OCCO3)CC1. The van der Waals surface area contributed by atoms with Gasteiger partial charge in [-0.15, -0.1) is 5.10 Å². The van der Waals surface area contributed by atoms with Gasteiger partial charge >= 0.3 is 0 Å². The zero-order valence-electron chi connectivity index (χ0n) is 16.5. The topological polar surface area (TPSA) is 78.2 Å². The number of halogens is 1. The van der Waals surface area contributed by atoms with Crippen molar-refractivity contribution in [3.63, 3.8) is 0 Å². The average Bonchev–Trinajstić information content (AvgIpc) is 2.74. The molecule has 2 aliphatic rings. The summed E-state index contributed by atoms with van der Waals surface area (Å²) in [6.45, 7) is 4.12. The summed E-state index contributed by atoms with van der Waals surface area (Å²) in [5, 5.41) is 4.51. The fourth-order valence-corrected chi connectivity index (χ4v) is 3.89. The minimum atomic E-state index is -0.477. The number of benzene rings is 1. The highest BCUT2D eigenvalue weighted by Gasteiger charge is 2.25. The second kappa shape index (κ2) is 7.47. The number of fused-ring (bicyclic) bond motifs is 2. The summed E-state index contributed by atoms with van der Waals surface area (Å²) in [7, 11) is 0. The van der Waals surface area contributed by atoms with Crippen molar-refractivity contribution >= 4 is 11.5 Å². The number of anilines is 1. The molecule has 1 fully saturated rings. The smallest absolute Gasteiger partial charge is 0.274 e. The third kappa shape index (κ3) is 3.40. The van der Waals surface area contributed by atoms with Crippen molar-refractivity contribution in [2.45, 2.75) is 25.9 Å². The van der Waals surface area contributed by atoms with Crippen LogP contribution in [0, 0.1) is 12.7 Å². The summed E-state index contributed by atoms with van der Waals surface area (Å²) in [5.74, 6) is 1.25. The zero-order chi connectivity index (χ0) is 20.7. The van der Waals surface area contributed by atoms with Crippen molar-refractivity contribution in [1.29, 1.82) is 0 Å². The van der Waals surface area contributed by atoms with Gasteiger partial charge in [-0.1, -0.05) is 0 Å². The van der Waals surface area contributed by atoms with Crippen molar-refractivity contribution in [2.75, 3.05) is 31.2 Å². The molecule has 0 spiro atoms. The summed E-state index contributed by atoms with van der Waals surface area (Å²) in [6.07, 6.45) is 2.93. The summed E-state index contributed by atoms with van der Waals surface area (Å²) in [6, 6.07) is 6.28. The molecule has 0 bridgehead atoms. The minimum Gasteiger partial charge on any atom is -0.490 e. The molecular weight excluding hydrogens is 391 g/mol. The molecule has 0 aliphatic carbocycles. The molecule has 8 nitrogen and oxygen atoms in total. The molecule has 0 unspecified atom stereocenters. The first-order chi connectivity index (χ1) is 14.6. The van der Waals surface area contributed by atoms with Crippen LogP contribution in [-0.4, -0.2) is 47.0 Å². The van der Waals surface area contributed by atoms with E-state index in [-0.39, 0.29) is 17.4 Å². The Morgan fingerprint density at radius 3 is 2.80 bits per heavy atom. The van der Waals surface area contributed by atoms with Gasteiger partial charge in [-0.2, -0.15) is 4.52 Å². The molecule has 3 aromatic rings. The van der Waals surface area contributed by atoms with Gasteiger partial charge in [0.1, 0.15) is 25.1 Å². The Kier molecular flexibility index (Phi) is 4.65. The van der Waals surface area contributed by atoms with Crippen molar-refractivity contribution in [3.8, 4) is 17.2 Å². The van der Waals surface area contributed by atoms with E-state index in [1.54, 1.807) is 6.07 Å². The fourth-order valence-electron chi connectivity index (χ4n) is 3.89. The maximum absolute atomic E-state index is 14.2. The van der Waals surface area contributed by atoms with Crippen LogP contribution < -0.4 is 24.7 Å². The van der Waals surface area contributed by atoms with Crippen molar-refractivity contribution in [2.24, 2.45) is 0 Å². The summed E-state index contributed by atoms with van der Waals surface area (Å²) >= 11 is 0. The van der Waals surface area contributed by atoms with E-state index in [0.717, 1.165) is 24.2 Å². The standard InChI is InChI=1S/C21H21FN4O4/c1-13-10-18-23-5-2-19(27)26(18)24-21(13)25-6-3-14(4-7-25)30-15-11-16(22)20-17(12-15)28-8-9-29-20/h2,5,10-12,14H,3-4,6-9H2,1H3. The van der Waals surface area contributed by atoms with Crippen LogP contribution >= 0.6 is 0 Å². The first-order valence-corrected chi connectivity index (χ1v) is 9.95. The van der Waals surface area contributed by atoms with Crippen molar-refractivity contribution < 1.29 is 18.6 Å². The van der Waals surface area contributed by atoms with Crippen LogP contribution in [0.1, 0.15) is 18.4 Å². The quantitative estimate of drug-likeness (QED) is 0.654. The lowest BCUT2D eigenvalue weighted by atomic mass is 10.1. The largest absolute Gasteiger partial charge is 0.490 e. The van der Waals surface area contributed by atoms with Gasteiger partial charge in [-0.05, 0) is 18.6 Å². The van der Waals surface area contributed by atoms with E-state index in [2.05, 4.69) is 15.0 Å². The van der Waals surface area contributed by atoms with E-state index in [0.29, 0.717) is 43.4 Å². The molecule has 0 saturated carbocycles. The normalized spacial score (nSPS) is 16.7. The second-order valence-electron chi connectivity index (χ2n) is 7.44. The van der Waals surface area contributed by atoms with E-state index in [1.807, 2.05) is 13.0 Å². The number of piperidine rings is 1. The Morgan fingerprint density at radius 1 is 1.17 bits per heavy atom. The molecule has 5 rings (SSSR count). The number of aromatic nitrogens is 3. The van der Waals surface area contributed by atoms with E-state index in [4.69, 9.17) is 14.2 Å². The van der Waals surface area contributed by atoms with E-state index < -0.39 is 5.82 Å². The molecule has 9 heteroatoms. The van der Waals surface area contributed by atoms with E-state index >= 15 is 0 Å². The Balaban J connectivity index is 1.30. The lowest BCUT2D eigenvalue weighted by Gasteiger charge is -2.33. The number of hydrogen-bond acceptors (Lipinski definition) is 7. The Morgan fingerprint density at radius 2 is 1.97 bits per heavy atom. The maximum Gasteiger partial charge on any atom is 0.274 e. The van der Waals surface area contributed by atoms with Crippen LogP contribution in [-0.2, 0) is 0 Å². The summed E-state index contributed by atoms with van der Waals surface area (Å²) < 4.78 is 32.4. The molecule has 0 atom stereocenters. The lowest BCUT2D eigenvalue weighted by molar-refractivity contribution is 0.153. The predicted octanol–water partition coefficient (Wildman–Crippen LogP) is 2.36. The number of aryl methyl sites for hydroxylation is 1. The Hall–Kier alpha value is -3.36. The van der Waals surface area contributed by atoms with Crippen LogP contribution in [0.5, 0.6) is 17.2 Å². The molecule has 1 saturated heterocycles. The average molecular weight is 412 g/mol.